The number of nitrogens with one attached hydrogen (secondary N) is 4. The molecule has 53 heavy (non-hydrogen) atoms. The van der Waals surface area contributed by atoms with Crippen molar-refractivity contribution >= 4 is 50.6 Å². The first kappa shape index (κ1) is 50.8. The summed E-state index contributed by atoms with van der Waals surface area (Å²) in [6, 6.07) is 1.51. The SMILES string of the molecule is CCCCCCNC(=O)CCCCCNC(=O)c1ccc(F)nc1.NP(O)OCCCCNC(=O)CCC(NC=O)C(=O)O.O=C(O)CCCC(=O)O. The van der Waals surface area contributed by atoms with Gasteiger partial charge in [0.15, 0.2) is 0 Å². The molecule has 0 aliphatic rings. The number of hydrogen-bond acceptors (Lipinski definition) is 11. The summed E-state index contributed by atoms with van der Waals surface area (Å²) in [5, 5.41) is 35.2. The summed E-state index contributed by atoms with van der Waals surface area (Å²) in [5.41, 5.74) is 5.37. The third-order valence-electron chi connectivity index (χ3n) is 6.83. The van der Waals surface area contributed by atoms with Crippen molar-refractivity contribution in [2.45, 2.75) is 109 Å². The molecule has 0 saturated heterocycles. The van der Waals surface area contributed by atoms with E-state index in [2.05, 4.69) is 33.2 Å². The summed E-state index contributed by atoms with van der Waals surface area (Å²) in [6.45, 7) is 4.21. The van der Waals surface area contributed by atoms with Crippen molar-refractivity contribution in [3.8, 4) is 0 Å². The molecule has 302 valence electrons. The Morgan fingerprint density at radius 3 is 1.89 bits per heavy atom. The lowest BCUT2D eigenvalue weighted by atomic mass is 10.1. The van der Waals surface area contributed by atoms with Crippen molar-refractivity contribution < 1.29 is 62.7 Å². The summed E-state index contributed by atoms with van der Waals surface area (Å²) in [7, 11) is -1.84. The predicted molar refractivity (Wildman–Crippen MR) is 193 cm³/mol. The van der Waals surface area contributed by atoms with E-state index in [1.54, 1.807) is 0 Å². The number of carboxylic acids is 3. The number of rotatable bonds is 28. The van der Waals surface area contributed by atoms with Gasteiger partial charge < -0.3 is 46.0 Å². The highest BCUT2D eigenvalue weighted by molar-refractivity contribution is 7.43. The number of halogens is 1. The molecule has 2 unspecified atom stereocenters. The second-order valence-electron chi connectivity index (χ2n) is 11.4. The molecule has 0 radical (unpaired) electrons. The summed E-state index contributed by atoms with van der Waals surface area (Å²) < 4.78 is 17.4. The Hall–Kier alpha value is -4.32. The molecule has 18 nitrogen and oxygen atoms in total. The molecule has 4 amide bonds. The Bertz CT molecular complexity index is 1180. The topological polar surface area (TPSA) is 297 Å². The molecule has 0 spiro atoms. The van der Waals surface area contributed by atoms with Gasteiger partial charge in [-0.05, 0) is 57.1 Å². The number of aromatic nitrogens is 1. The number of unbranched alkanes of at least 4 members (excludes halogenated alkanes) is 6. The number of pyridine rings is 1. The zero-order valence-corrected chi connectivity index (χ0v) is 31.1. The molecule has 1 rings (SSSR count). The molecule has 0 aromatic carbocycles. The second-order valence-corrected chi connectivity index (χ2v) is 12.3. The van der Waals surface area contributed by atoms with Crippen LogP contribution < -0.4 is 26.8 Å². The lowest BCUT2D eigenvalue weighted by molar-refractivity contribution is -0.141. The van der Waals surface area contributed by atoms with Crippen LogP contribution in [-0.4, -0.2) is 99.5 Å². The van der Waals surface area contributed by atoms with Crippen molar-refractivity contribution in [3.05, 3.63) is 29.8 Å². The van der Waals surface area contributed by atoms with Crippen molar-refractivity contribution in [1.29, 1.82) is 0 Å². The first-order valence-corrected chi connectivity index (χ1v) is 18.7. The number of carbonyl (C=O) groups is 7. The van der Waals surface area contributed by atoms with Crippen LogP contribution in [0.15, 0.2) is 18.3 Å². The van der Waals surface area contributed by atoms with Gasteiger partial charge in [-0.25, -0.2) is 9.78 Å². The van der Waals surface area contributed by atoms with Crippen LogP contribution in [0.2, 0.25) is 0 Å². The van der Waals surface area contributed by atoms with Crippen LogP contribution in [0, 0.1) is 5.95 Å². The third-order valence-corrected chi connectivity index (χ3v) is 7.28. The highest BCUT2D eigenvalue weighted by atomic mass is 31.2. The molecule has 0 fully saturated rings. The molecule has 0 saturated carbocycles. The minimum absolute atomic E-state index is 0.0129. The lowest BCUT2D eigenvalue weighted by Gasteiger charge is -2.11. The fourth-order valence-electron chi connectivity index (χ4n) is 4.00. The Morgan fingerprint density at radius 1 is 0.811 bits per heavy atom. The van der Waals surface area contributed by atoms with E-state index in [0.29, 0.717) is 50.9 Å². The molecule has 1 aromatic heterocycles. The van der Waals surface area contributed by atoms with Gasteiger partial charge in [-0.3, -0.25) is 34.3 Å². The van der Waals surface area contributed by atoms with Crippen LogP contribution in [0.1, 0.15) is 114 Å². The minimum Gasteiger partial charge on any atom is -0.481 e. The summed E-state index contributed by atoms with van der Waals surface area (Å²) in [6.07, 6.45) is 10.6. The van der Waals surface area contributed by atoms with Crippen LogP contribution in [0.5, 0.6) is 0 Å². The van der Waals surface area contributed by atoms with Crippen molar-refractivity contribution in [1.82, 2.24) is 26.3 Å². The van der Waals surface area contributed by atoms with Gasteiger partial charge in [0.1, 0.15) is 6.04 Å². The predicted octanol–water partition coefficient (Wildman–Crippen LogP) is 2.59. The number of carboxylic acid groups (broad SMARTS) is 3. The van der Waals surface area contributed by atoms with Crippen molar-refractivity contribution in [3.63, 3.8) is 0 Å². The molecular weight excluding hydrogens is 722 g/mol. The fraction of sp³-hybridized carbons (Fsp3) is 0.636. The molecule has 20 heteroatoms. The monoisotopic (exact) mass is 778 g/mol. The maximum atomic E-state index is 12.7. The van der Waals surface area contributed by atoms with Crippen LogP contribution >= 0.6 is 8.53 Å². The van der Waals surface area contributed by atoms with Crippen LogP contribution in [0.25, 0.3) is 0 Å². The first-order valence-electron chi connectivity index (χ1n) is 17.4. The molecule has 1 aromatic rings. The largest absolute Gasteiger partial charge is 0.481 e. The van der Waals surface area contributed by atoms with E-state index in [4.69, 9.17) is 30.2 Å². The molecule has 0 aliphatic carbocycles. The van der Waals surface area contributed by atoms with Crippen LogP contribution in [-0.2, 0) is 33.3 Å². The first-order chi connectivity index (χ1) is 25.2. The van der Waals surface area contributed by atoms with E-state index < -0.39 is 38.4 Å². The van der Waals surface area contributed by atoms with Gasteiger partial charge in [0, 0.05) is 51.5 Å². The Morgan fingerprint density at radius 2 is 1.38 bits per heavy atom. The van der Waals surface area contributed by atoms with E-state index in [-0.39, 0.29) is 49.8 Å². The van der Waals surface area contributed by atoms with E-state index in [9.17, 15) is 38.0 Å². The maximum Gasteiger partial charge on any atom is 0.326 e. The zero-order valence-electron chi connectivity index (χ0n) is 30.2. The number of aliphatic carboxylic acids is 3. The van der Waals surface area contributed by atoms with Gasteiger partial charge in [-0.1, -0.05) is 32.6 Å². The van der Waals surface area contributed by atoms with Gasteiger partial charge in [0.25, 0.3) is 5.91 Å². The van der Waals surface area contributed by atoms with Crippen molar-refractivity contribution in [2.75, 3.05) is 26.2 Å². The Kier molecular flexibility index (Phi) is 33.3. The van der Waals surface area contributed by atoms with Gasteiger partial charge in [-0.15, -0.1) is 0 Å². The van der Waals surface area contributed by atoms with Gasteiger partial charge in [0.05, 0.1) is 12.2 Å². The smallest absolute Gasteiger partial charge is 0.326 e. The molecule has 2 atom stereocenters. The highest BCUT2D eigenvalue weighted by Gasteiger charge is 2.17. The summed E-state index contributed by atoms with van der Waals surface area (Å²) in [4.78, 5) is 87.3. The molecule has 1 heterocycles. The second kappa shape index (κ2) is 34.7. The van der Waals surface area contributed by atoms with E-state index >= 15 is 0 Å². The van der Waals surface area contributed by atoms with E-state index in [1.807, 2.05) is 0 Å². The molecular formula is C33H56FN6O12P. The molecule has 10 N–H and O–H groups in total. The number of nitrogens with two attached hydrogens (primary N) is 1. The van der Waals surface area contributed by atoms with E-state index in [1.165, 1.54) is 31.5 Å². The number of amides is 4. The van der Waals surface area contributed by atoms with Gasteiger partial charge in [0.2, 0.25) is 32.7 Å². The third kappa shape index (κ3) is 35.9. The Labute approximate surface area is 310 Å². The lowest BCUT2D eigenvalue weighted by Crippen LogP contribution is -2.37. The number of carbonyl (C=O) groups excluding carboxylic acids is 4. The minimum atomic E-state index is -1.84. The van der Waals surface area contributed by atoms with Crippen LogP contribution in [0.3, 0.4) is 0 Å². The van der Waals surface area contributed by atoms with Crippen molar-refractivity contribution in [2.24, 2.45) is 5.50 Å². The quantitative estimate of drug-likeness (QED) is 0.0256. The number of nitrogens with zero attached hydrogens (tertiary/aromatic N) is 1. The standard InChI is InChI=1S/C18H28FN3O2.C10H20N3O6P.C5H8O4/c1-2-3-4-7-12-20-17(23)9-6-5-8-13-21-18(24)15-10-11-16(19)22-14-15;11-20(18)19-6-2-1-5-12-9(15)4-3-8(10(16)17)13-7-14;6-4(7)2-1-3-5(8)9/h10-11,14H,2-9,12-13H2,1H3,(H,20,23)(H,21,24);7-8,18H,1-6,11H2,(H,12,15)(H,13,14)(H,16,17);1-3H2,(H,6,7)(H,8,9). The number of hydrogen-bond donors (Lipinski definition) is 9. The van der Waals surface area contributed by atoms with E-state index in [0.717, 1.165) is 38.3 Å². The maximum absolute atomic E-state index is 12.7. The zero-order chi connectivity index (χ0) is 40.3. The Balaban J connectivity index is 0. The average Bonchev–Trinajstić information content (AvgIpc) is 3.09. The van der Waals surface area contributed by atoms with Gasteiger partial charge >= 0.3 is 17.9 Å². The van der Waals surface area contributed by atoms with Gasteiger partial charge in [-0.2, -0.15) is 4.39 Å². The highest BCUT2D eigenvalue weighted by Crippen LogP contribution is 2.19. The molecule has 0 aliphatic heterocycles. The normalized spacial score (nSPS) is 11.2. The summed E-state index contributed by atoms with van der Waals surface area (Å²) in [5.74, 6) is -4.11. The average molecular weight is 779 g/mol. The fourth-order valence-corrected chi connectivity index (χ4v) is 4.31. The summed E-state index contributed by atoms with van der Waals surface area (Å²) >= 11 is 0. The van der Waals surface area contributed by atoms with Crippen LogP contribution in [0.4, 0.5) is 4.39 Å². The molecule has 0 bridgehead atoms.